The quantitative estimate of drug-likeness (QED) is 0.481. The highest BCUT2D eigenvalue weighted by Gasteiger charge is 2.40. The lowest BCUT2D eigenvalue weighted by atomic mass is 9.92. The summed E-state index contributed by atoms with van der Waals surface area (Å²) in [6.07, 6.45) is 3.37. The number of nitrogens with one attached hydrogen (secondary N) is 2. The lowest BCUT2D eigenvalue weighted by Gasteiger charge is -2.48. The van der Waals surface area contributed by atoms with Crippen molar-refractivity contribution in [1.29, 1.82) is 0 Å². The fourth-order valence-electron chi connectivity index (χ4n) is 5.16. The second kappa shape index (κ2) is 9.47. The number of aliphatic hydroxyl groups is 1. The fourth-order valence-corrected chi connectivity index (χ4v) is 5.66. The minimum Gasteiger partial charge on any atom is -0.380 e. The van der Waals surface area contributed by atoms with Gasteiger partial charge >= 0.3 is 0 Å². The minimum atomic E-state index is -1.60. The van der Waals surface area contributed by atoms with Crippen molar-refractivity contribution in [3.8, 4) is 0 Å². The summed E-state index contributed by atoms with van der Waals surface area (Å²) in [5.41, 5.74) is -0.378. The SMILES string of the molecule is C[C@@](O)(C(=O)N1CCC(N2CC(Nc3cc(Cl)c4c(=O)[nH]ccc4c3)C2)CC1)c1cccc(Cl)c1. The summed E-state index contributed by atoms with van der Waals surface area (Å²) in [6, 6.07) is 13.1. The van der Waals surface area contributed by atoms with Crippen molar-refractivity contribution < 1.29 is 9.90 Å². The molecule has 0 radical (unpaired) electrons. The molecule has 1 amide bonds. The number of H-pyrrole nitrogens is 1. The molecule has 1 aromatic heterocycles. The van der Waals surface area contributed by atoms with E-state index in [0.717, 1.165) is 37.0 Å². The van der Waals surface area contributed by atoms with Gasteiger partial charge < -0.3 is 20.3 Å². The van der Waals surface area contributed by atoms with Crippen LogP contribution in [-0.4, -0.2) is 64.1 Å². The number of pyridine rings is 1. The lowest BCUT2D eigenvalue weighted by Crippen LogP contribution is -2.61. The molecule has 5 rings (SSSR count). The molecule has 35 heavy (non-hydrogen) atoms. The zero-order valence-corrected chi connectivity index (χ0v) is 20.9. The number of hydrogen-bond acceptors (Lipinski definition) is 5. The topological polar surface area (TPSA) is 88.7 Å². The number of rotatable bonds is 5. The summed E-state index contributed by atoms with van der Waals surface area (Å²) in [5, 5.41) is 16.7. The fraction of sp³-hybridized carbons (Fsp3) is 0.385. The summed E-state index contributed by atoms with van der Waals surface area (Å²) in [5.74, 6) is -0.284. The lowest BCUT2D eigenvalue weighted by molar-refractivity contribution is -0.152. The third kappa shape index (κ3) is 4.78. The number of amides is 1. The molecule has 3 heterocycles. The molecule has 1 atom stereocenters. The Kier molecular flexibility index (Phi) is 6.53. The minimum absolute atomic E-state index is 0.187. The second-order valence-corrected chi connectivity index (χ2v) is 10.5. The highest BCUT2D eigenvalue weighted by molar-refractivity contribution is 6.35. The Morgan fingerprint density at radius 3 is 2.60 bits per heavy atom. The van der Waals surface area contributed by atoms with Crippen LogP contribution in [0.25, 0.3) is 10.8 Å². The zero-order valence-electron chi connectivity index (χ0n) is 19.4. The Hall–Kier alpha value is -2.58. The van der Waals surface area contributed by atoms with E-state index in [2.05, 4.69) is 15.2 Å². The van der Waals surface area contributed by atoms with E-state index in [1.807, 2.05) is 12.1 Å². The van der Waals surface area contributed by atoms with Gasteiger partial charge in [0.25, 0.3) is 11.5 Å². The zero-order chi connectivity index (χ0) is 24.7. The number of likely N-dealkylation sites (tertiary alicyclic amines) is 2. The number of benzene rings is 2. The van der Waals surface area contributed by atoms with Crippen molar-refractivity contribution in [1.82, 2.24) is 14.8 Å². The summed E-state index contributed by atoms with van der Waals surface area (Å²) < 4.78 is 0. The van der Waals surface area contributed by atoms with Crippen molar-refractivity contribution in [2.75, 3.05) is 31.5 Å². The van der Waals surface area contributed by atoms with Gasteiger partial charge in [0.1, 0.15) is 0 Å². The van der Waals surface area contributed by atoms with Gasteiger partial charge in [-0.2, -0.15) is 0 Å². The Bertz CT molecular complexity index is 1310. The number of aromatic nitrogens is 1. The standard InChI is InChI=1S/C26H28Cl2N4O3/c1-26(35,17-3-2-4-18(27)12-17)25(34)31-9-6-21(7-10-31)32-14-20(15-32)30-19-11-16-5-8-29-24(33)23(16)22(28)13-19/h2-5,8,11-13,20-21,30,35H,6-7,9-10,14-15H2,1H3,(H,29,33)/t26-/m0/s1. The first-order valence-corrected chi connectivity index (χ1v) is 12.6. The van der Waals surface area contributed by atoms with Crippen molar-refractivity contribution in [3.05, 3.63) is 74.6 Å². The number of anilines is 1. The largest absolute Gasteiger partial charge is 0.380 e. The molecule has 2 aliphatic rings. The molecule has 2 aliphatic heterocycles. The van der Waals surface area contributed by atoms with Crippen LogP contribution in [0.3, 0.4) is 0 Å². The van der Waals surface area contributed by atoms with Crippen LogP contribution < -0.4 is 10.9 Å². The van der Waals surface area contributed by atoms with E-state index in [-0.39, 0.29) is 11.5 Å². The first-order chi connectivity index (χ1) is 16.7. The highest BCUT2D eigenvalue weighted by Crippen LogP contribution is 2.30. The number of carbonyl (C=O) groups excluding carboxylic acids is 1. The summed E-state index contributed by atoms with van der Waals surface area (Å²) >= 11 is 12.4. The molecule has 7 nitrogen and oxygen atoms in total. The summed E-state index contributed by atoms with van der Waals surface area (Å²) in [4.78, 5) is 31.9. The van der Waals surface area contributed by atoms with E-state index < -0.39 is 5.60 Å². The van der Waals surface area contributed by atoms with Crippen molar-refractivity contribution in [3.63, 3.8) is 0 Å². The van der Waals surface area contributed by atoms with Crippen LogP contribution in [0, 0.1) is 0 Å². The Labute approximate surface area is 213 Å². The van der Waals surface area contributed by atoms with Crippen LogP contribution in [0.5, 0.6) is 0 Å². The van der Waals surface area contributed by atoms with E-state index in [0.29, 0.717) is 46.2 Å². The molecule has 0 unspecified atom stereocenters. The Morgan fingerprint density at radius 2 is 1.89 bits per heavy atom. The van der Waals surface area contributed by atoms with Crippen LogP contribution in [0.15, 0.2) is 53.5 Å². The molecule has 2 fully saturated rings. The first-order valence-electron chi connectivity index (χ1n) is 11.8. The molecule has 3 N–H and O–H groups in total. The molecule has 184 valence electrons. The number of hydrogen-bond donors (Lipinski definition) is 3. The normalized spacial score (nSPS) is 19.4. The molecule has 0 bridgehead atoms. The van der Waals surface area contributed by atoms with Gasteiger partial charge in [0.05, 0.1) is 16.5 Å². The van der Waals surface area contributed by atoms with Gasteiger partial charge in [-0.3, -0.25) is 14.5 Å². The molecule has 0 saturated carbocycles. The van der Waals surface area contributed by atoms with Gasteiger partial charge in [0.2, 0.25) is 0 Å². The van der Waals surface area contributed by atoms with Crippen molar-refractivity contribution in [2.24, 2.45) is 0 Å². The number of fused-ring (bicyclic) bond motifs is 1. The number of piperidine rings is 1. The van der Waals surface area contributed by atoms with E-state index in [1.54, 1.807) is 41.4 Å². The van der Waals surface area contributed by atoms with Crippen LogP contribution in [0.2, 0.25) is 10.0 Å². The maximum Gasteiger partial charge on any atom is 0.258 e. The molecule has 0 aliphatic carbocycles. The van der Waals surface area contributed by atoms with Gasteiger partial charge in [-0.25, -0.2) is 0 Å². The maximum atomic E-state index is 13.1. The summed E-state index contributed by atoms with van der Waals surface area (Å²) in [6.45, 7) is 4.58. The Morgan fingerprint density at radius 1 is 1.14 bits per heavy atom. The van der Waals surface area contributed by atoms with E-state index in [9.17, 15) is 14.7 Å². The molecule has 3 aromatic rings. The number of carbonyl (C=O) groups is 1. The van der Waals surface area contributed by atoms with Gasteiger partial charge in [-0.1, -0.05) is 35.3 Å². The average Bonchev–Trinajstić information content (AvgIpc) is 2.80. The van der Waals surface area contributed by atoms with Gasteiger partial charge in [0.15, 0.2) is 5.60 Å². The molecule has 2 saturated heterocycles. The third-order valence-corrected chi connectivity index (χ3v) is 7.71. The summed E-state index contributed by atoms with van der Waals surface area (Å²) in [7, 11) is 0. The monoisotopic (exact) mass is 514 g/mol. The second-order valence-electron chi connectivity index (χ2n) is 9.63. The Balaban J connectivity index is 1.14. The molecule has 9 heteroatoms. The molecule has 2 aromatic carbocycles. The van der Waals surface area contributed by atoms with E-state index >= 15 is 0 Å². The molecular weight excluding hydrogens is 487 g/mol. The van der Waals surface area contributed by atoms with Crippen LogP contribution in [0.4, 0.5) is 5.69 Å². The number of halogens is 2. The highest BCUT2D eigenvalue weighted by atomic mass is 35.5. The predicted octanol–water partition coefficient (Wildman–Crippen LogP) is 3.83. The molecular formula is C26H28Cl2N4O3. The smallest absolute Gasteiger partial charge is 0.258 e. The maximum absolute atomic E-state index is 13.1. The average molecular weight is 515 g/mol. The van der Waals surface area contributed by atoms with Gasteiger partial charge in [-0.15, -0.1) is 0 Å². The van der Waals surface area contributed by atoms with Gasteiger partial charge in [-0.05, 0) is 61.0 Å². The predicted molar refractivity (Wildman–Crippen MR) is 139 cm³/mol. The molecule has 0 spiro atoms. The van der Waals surface area contributed by atoms with Crippen molar-refractivity contribution in [2.45, 2.75) is 37.5 Å². The van der Waals surface area contributed by atoms with Crippen LogP contribution in [0.1, 0.15) is 25.3 Å². The van der Waals surface area contributed by atoms with E-state index in [4.69, 9.17) is 23.2 Å². The number of nitrogens with zero attached hydrogens (tertiary/aromatic N) is 2. The first kappa shape index (κ1) is 24.1. The van der Waals surface area contributed by atoms with Crippen molar-refractivity contribution >= 4 is 45.6 Å². The van der Waals surface area contributed by atoms with Gasteiger partial charge in [0, 0.05) is 49.1 Å². The van der Waals surface area contributed by atoms with Crippen LogP contribution >= 0.6 is 23.2 Å². The number of aromatic amines is 1. The van der Waals surface area contributed by atoms with Crippen LogP contribution in [-0.2, 0) is 10.4 Å². The van der Waals surface area contributed by atoms with E-state index in [1.165, 1.54) is 6.92 Å². The third-order valence-electron chi connectivity index (χ3n) is 7.18.